The van der Waals surface area contributed by atoms with Crippen LogP contribution in [0.3, 0.4) is 0 Å². The maximum absolute atomic E-state index is 10.6. The smallest absolute Gasteiger partial charge is 0.135 e. The maximum atomic E-state index is 10.6. The van der Waals surface area contributed by atoms with E-state index in [-0.39, 0.29) is 5.41 Å². The molecule has 0 aromatic heterocycles. The fourth-order valence-electron chi connectivity index (χ4n) is 4.13. The summed E-state index contributed by atoms with van der Waals surface area (Å²) in [5.74, 6) is 5.20. The van der Waals surface area contributed by atoms with Crippen molar-refractivity contribution in [3.8, 4) is 24.7 Å². The Morgan fingerprint density at radius 1 is 1.38 bits per heavy atom. The van der Waals surface area contributed by atoms with E-state index in [1.54, 1.807) is 0 Å². The molecule has 2 aliphatic carbocycles. The van der Waals surface area contributed by atoms with E-state index in [2.05, 4.69) is 25.7 Å². The van der Waals surface area contributed by atoms with E-state index in [0.29, 0.717) is 18.8 Å². The molecule has 0 spiro atoms. The van der Waals surface area contributed by atoms with Crippen LogP contribution in [0.25, 0.3) is 0 Å². The quantitative estimate of drug-likeness (QED) is 0.649. The monoisotopic (exact) mass is 218 g/mol. The summed E-state index contributed by atoms with van der Waals surface area (Å²) in [7, 11) is 0. The number of aliphatic hydroxyl groups is 2. The van der Waals surface area contributed by atoms with Crippen LogP contribution in [-0.4, -0.2) is 21.9 Å². The van der Waals surface area contributed by atoms with Gasteiger partial charge in [0.25, 0.3) is 0 Å². The molecule has 0 heterocycles. The highest BCUT2D eigenvalue weighted by Crippen LogP contribution is 2.70. The zero-order valence-corrected chi connectivity index (χ0v) is 9.83. The van der Waals surface area contributed by atoms with Gasteiger partial charge in [-0.15, -0.1) is 12.8 Å². The van der Waals surface area contributed by atoms with Crippen LogP contribution in [-0.2, 0) is 0 Å². The third kappa shape index (κ3) is 0.932. The first-order chi connectivity index (χ1) is 7.35. The average molecular weight is 218 g/mol. The number of hydrogen-bond acceptors (Lipinski definition) is 2. The van der Waals surface area contributed by atoms with Crippen molar-refractivity contribution in [2.24, 2.45) is 16.7 Å². The molecule has 0 aromatic carbocycles. The highest BCUT2D eigenvalue weighted by Gasteiger charge is 2.73. The molecule has 16 heavy (non-hydrogen) atoms. The molecule has 0 amide bonds. The van der Waals surface area contributed by atoms with Gasteiger partial charge in [-0.05, 0) is 30.6 Å². The summed E-state index contributed by atoms with van der Waals surface area (Å²) in [6, 6.07) is 0. The van der Waals surface area contributed by atoms with Crippen LogP contribution in [0.15, 0.2) is 0 Å². The van der Waals surface area contributed by atoms with Crippen molar-refractivity contribution in [3.05, 3.63) is 0 Å². The molecule has 0 aromatic rings. The second-order valence-corrected chi connectivity index (χ2v) is 5.71. The fourth-order valence-corrected chi connectivity index (χ4v) is 4.13. The molecule has 4 atom stereocenters. The topological polar surface area (TPSA) is 40.5 Å². The molecule has 2 rings (SSSR count). The van der Waals surface area contributed by atoms with E-state index in [0.717, 1.165) is 6.42 Å². The van der Waals surface area contributed by atoms with Crippen LogP contribution in [0.5, 0.6) is 0 Å². The first-order valence-electron chi connectivity index (χ1n) is 5.70. The van der Waals surface area contributed by atoms with Gasteiger partial charge in [-0.1, -0.05) is 25.7 Å². The van der Waals surface area contributed by atoms with E-state index in [4.69, 9.17) is 12.8 Å². The van der Waals surface area contributed by atoms with Crippen molar-refractivity contribution in [1.29, 1.82) is 0 Å². The normalized spacial score (nSPS) is 46.0. The minimum absolute atomic E-state index is 0.208. The largest absolute Gasteiger partial charge is 0.380 e. The van der Waals surface area contributed by atoms with Crippen molar-refractivity contribution >= 4 is 0 Å². The lowest BCUT2D eigenvalue weighted by molar-refractivity contribution is -0.112. The predicted molar refractivity (Wildman–Crippen MR) is 62.2 cm³/mol. The first-order valence-corrected chi connectivity index (χ1v) is 5.70. The van der Waals surface area contributed by atoms with Crippen molar-refractivity contribution in [1.82, 2.24) is 0 Å². The Hall–Kier alpha value is -0.960. The van der Waals surface area contributed by atoms with Gasteiger partial charge >= 0.3 is 0 Å². The molecule has 0 saturated heterocycles. The molecule has 2 saturated carbocycles. The lowest BCUT2D eigenvalue weighted by Crippen LogP contribution is -2.55. The van der Waals surface area contributed by atoms with Crippen molar-refractivity contribution in [3.63, 3.8) is 0 Å². The summed E-state index contributed by atoms with van der Waals surface area (Å²) in [4.78, 5) is 0. The standard InChI is InChI=1S/C14H18O2/c1-5-11(15)14-8-7-10(12(14,3)4)9-13(14,16)6-2/h1-2,10-11,15-16H,7-9H2,3-4H3/t10-,11+,13-,14+/m1/s1. The predicted octanol–water partition coefficient (Wildman–Crippen LogP) is 1.17. The van der Waals surface area contributed by atoms with Crippen LogP contribution in [0, 0.1) is 41.4 Å². The molecule has 2 heteroatoms. The van der Waals surface area contributed by atoms with Crippen LogP contribution >= 0.6 is 0 Å². The Balaban J connectivity index is 2.61. The summed E-state index contributed by atoms with van der Waals surface area (Å²) < 4.78 is 0. The first kappa shape index (κ1) is 11.5. The van der Waals surface area contributed by atoms with Gasteiger partial charge in [-0.3, -0.25) is 0 Å². The van der Waals surface area contributed by atoms with Crippen molar-refractivity contribution in [2.45, 2.75) is 44.8 Å². The Morgan fingerprint density at radius 2 is 2.00 bits per heavy atom. The van der Waals surface area contributed by atoms with Crippen LogP contribution < -0.4 is 0 Å². The Morgan fingerprint density at radius 3 is 2.44 bits per heavy atom. The van der Waals surface area contributed by atoms with Crippen LogP contribution in [0.2, 0.25) is 0 Å². The minimum atomic E-state index is -1.26. The van der Waals surface area contributed by atoms with E-state index >= 15 is 0 Å². The summed E-state index contributed by atoms with van der Waals surface area (Å²) in [6.45, 7) is 4.11. The second-order valence-electron chi connectivity index (χ2n) is 5.71. The lowest BCUT2D eigenvalue weighted by atomic mass is 9.60. The third-order valence-electron chi connectivity index (χ3n) is 5.20. The third-order valence-corrected chi connectivity index (χ3v) is 5.20. The van der Waals surface area contributed by atoms with E-state index in [1.165, 1.54) is 0 Å². The summed E-state index contributed by atoms with van der Waals surface area (Å²) >= 11 is 0. The summed E-state index contributed by atoms with van der Waals surface area (Å²) in [5.41, 5.74) is -2.21. The minimum Gasteiger partial charge on any atom is -0.380 e. The van der Waals surface area contributed by atoms with Gasteiger partial charge in [0.2, 0.25) is 0 Å². The number of aliphatic hydroxyl groups excluding tert-OH is 1. The van der Waals surface area contributed by atoms with Gasteiger partial charge in [0.1, 0.15) is 11.7 Å². The van der Waals surface area contributed by atoms with Gasteiger partial charge in [-0.2, -0.15) is 0 Å². The van der Waals surface area contributed by atoms with Gasteiger partial charge in [0, 0.05) is 0 Å². The zero-order valence-electron chi connectivity index (χ0n) is 9.83. The molecule has 0 radical (unpaired) electrons. The molecule has 2 bridgehead atoms. The molecule has 2 aliphatic rings. The molecular weight excluding hydrogens is 200 g/mol. The van der Waals surface area contributed by atoms with Crippen LogP contribution in [0.1, 0.15) is 33.1 Å². The van der Waals surface area contributed by atoms with Gasteiger partial charge < -0.3 is 10.2 Å². The molecule has 0 unspecified atom stereocenters. The molecule has 2 N–H and O–H groups in total. The van der Waals surface area contributed by atoms with Crippen LogP contribution in [0.4, 0.5) is 0 Å². The van der Waals surface area contributed by atoms with E-state index in [9.17, 15) is 10.2 Å². The highest BCUT2D eigenvalue weighted by atomic mass is 16.3. The maximum Gasteiger partial charge on any atom is 0.135 e. The molecule has 0 aliphatic heterocycles. The Labute approximate surface area is 97.1 Å². The Bertz CT molecular complexity index is 398. The van der Waals surface area contributed by atoms with Gasteiger partial charge in [0.15, 0.2) is 0 Å². The average Bonchev–Trinajstić information content (AvgIpc) is 2.60. The van der Waals surface area contributed by atoms with Crippen molar-refractivity contribution in [2.75, 3.05) is 0 Å². The molecule has 2 nitrogen and oxygen atoms in total. The number of rotatable bonds is 1. The summed E-state index contributed by atoms with van der Waals surface area (Å²) in [5, 5.41) is 20.7. The van der Waals surface area contributed by atoms with Gasteiger partial charge in [-0.25, -0.2) is 0 Å². The zero-order chi connectivity index (χ0) is 12.2. The molecule has 2 fully saturated rings. The fraction of sp³-hybridized carbons (Fsp3) is 0.714. The number of hydrogen-bond donors (Lipinski definition) is 2. The number of fused-ring (bicyclic) bond motifs is 2. The van der Waals surface area contributed by atoms with Crippen molar-refractivity contribution < 1.29 is 10.2 Å². The van der Waals surface area contributed by atoms with E-state index < -0.39 is 17.1 Å². The molecular formula is C14H18O2. The summed E-state index contributed by atoms with van der Waals surface area (Å²) in [6.07, 6.45) is 12.1. The lowest BCUT2D eigenvalue weighted by Gasteiger charge is -2.46. The molecule has 86 valence electrons. The van der Waals surface area contributed by atoms with Gasteiger partial charge in [0.05, 0.1) is 5.41 Å². The van der Waals surface area contributed by atoms with E-state index in [1.807, 2.05) is 0 Å². The highest BCUT2D eigenvalue weighted by molar-refractivity contribution is 5.33. The SMILES string of the molecule is C#C[C@H](O)[C@]12CC[C@H](C[C@]1(O)C#C)C2(C)C. The number of terminal acetylenes is 2. The Kier molecular flexibility index (Phi) is 2.19. The second kappa shape index (κ2) is 3.04.